The molecule has 1 aromatic carbocycles. The molecule has 0 aliphatic heterocycles. The van der Waals surface area contributed by atoms with Gasteiger partial charge in [-0.2, -0.15) is 0 Å². The summed E-state index contributed by atoms with van der Waals surface area (Å²) < 4.78 is 5.80. The summed E-state index contributed by atoms with van der Waals surface area (Å²) in [7, 11) is 0. The SMILES string of the molecule is Cc1ccc(Oc2ccc(Cl)nn2)c2c1CCC2. The van der Waals surface area contributed by atoms with Gasteiger partial charge in [-0.25, -0.2) is 0 Å². The van der Waals surface area contributed by atoms with Crippen molar-refractivity contribution in [1.82, 2.24) is 10.2 Å². The summed E-state index contributed by atoms with van der Waals surface area (Å²) in [6.45, 7) is 2.15. The van der Waals surface area contributed by atoms with Crippen molar-refractivity contribution in [2.24, 2.45) is 0 Å². The first-order chi connectivity index (χ1) is 8.74. The van der Waals surface area contributed by atoms with Gasteiger partial charge in [0.05, 0.1) is 0 Å². The predicted molar refractivity (Wildman–Crippen MR) is 70.3 cm³/mol. The van der Waals surface area contributed by atoms with Crippen molar-refractivity contribution in [2.75, 3.05) is 0 Å². The van der Waals surface area contributed by atoms with E-state index < -0.39 is 0 Å². The van der Waals surface area contributed by atoms with Crippen LogP contribution in [0.25, 0.3) is 0 Å². The van der Waals surface area contributed by atoms with E-state index in [-0.39, 0.29) is 0 Å². The van der Waals surface area contributed by atoms with E-state index in [1.54, 1.807) is 12.1 Å². The van der Waals surface area contributed by atoms with Gasteiger partial charge in [-0.1, -0.05) is 17.7 Å². The maximum atomic E-state index is 5.80. The van der Waals surface area contributed by atoms with Crippen LogP contribution < -0.4 is 4.74 Å². The lowest BCUT2D eigenvalue weighted by atomic mass is 10.0. The Hall–Kier alpha value is -1.61. The number of ether oxygens (including phenoxy) is 1. The molecule has 3 nitrogen and oxygen atoms in total. The van der Waals surface area contributed by atoms with E-state index in [1.165, 1.54) is 23.1 Å². The van der Waals surface area contributed by atoms with Gasteiger partial charge >= 0.3 is 0 Å². The van der Waals surface area contributed by atoms with Crippen molar-refractivity contribution in [3.63, 3.8) is 0 Å². The minimum atomic E-state index is 0.372. The monoisotopic (exact) mass is 260 g/mol. The molecule has 92 valence electrons. The standard InChI is InChI=1S/C14H13ClN2O/c1-9-5-6-12(11-4-2-3-10(9)11)18-14-8-7-13(15)16-17-14/h5-8H,2-4H2,1H3. The number of aryl methyl sites for hydroxylation is 1. The molecule has 18 heavy (non-hydrogen) atoms. The molecule has 2 aromatic rings. The minimum Gasteiger partial charge on any atom is -0.437 e. The third-order valence-electron chi connectivity index (χ3n) is 3.30. The molecule has 0 unspecified atom stereocenters. The summed E-state index contributed by atoms with van der Waals surface area (Å²) in [5, 5.41) is 8.07. The van der Waals surface area contributed by atoms with Gasteiger partial charge in [0.15, 0.2) is 5.15 Å². The quantitative estimate of drug-likeness (QED) is 0.825. The van der Waals surface area contributed by atoms with Gasteiger partial charge in [0.1, 0.15) is 5.75 Å². The Morgan fingerprint density at radius 1 is 1.06 bits per heavy atom. The van der Waals surface area contributed by atoms with E-state index in [1.807, 2.05) is 6.07 Å². The second-order valence-corrected chi connectivity index (χ2v) is 4.87. The molecule has 3 rings (SSSR count). The molecule has 1 aromatic heterocycles. The second-order valence-electron chi connectivity index (χ2n) is 4.49. The second kappa shape index (κ2) is 4.58. The van der Waals surface area contributed by atoms with Crippen molar-refractivity contribution in [2.45, 2.75) is 26.2 Å². The zero-order valence-corrected chi connectivity index (χ0v) is 10.9. The molecule has 1 aliphatic rings. The molecule has 4 heteroatoms. The average molecular weight is 261 g/mol. The van der Waals surface area contributed by atoms with Gasteiger partial charge in [0.25, 0.3) is 0 Å². The number of hydrogen-bond acceptors (Lipinski definition) is 3. The topological polar surface area (TPSA) is 35.0 Å². The van der Waals surface area contributed by atoms with E-state index in [0.29, 0.717) is 11.0 Å². The van der Waals surface area contributed by atoms with Crippen molar-refractivity contribution in [1.29, 1.82) is 0 Å². The number of halogens is 1. The first-order valence-corrected chi connectivity index (χ1v) is 6.40. The summed E-state index contributed by atoms with van der Waals surface area (Å²) in [5.74, 6) is 1.38. The van der Waals surface area contributed by atoms with Crippen LogP contribution in [0.4, 0.5) is 0 Å². The first-order valence-electron chi connectivity index (χ1n) is 6.02. The molecule has 0 fully saturated rings. The zero-order chi connectivity index (χ0) is 12.5. The Morgan fingerprint density at radius 2 is 1.89 bits per heavy atom. The van der Waals surface area contributed by atoms with Gasteiger partial charge in [0, 0.05) is 6.07 Å². The highest BCUT2D eigenvalue weighted by Gasteiger charge is 2.18. The fourth-order valence-electron chi connectivity index (χ4n) is 2.42. The van der Waals surface area contributed by atoms with Gasteiger partial charge in [-0.05, 0) is 55.0 Å². The van der Waals surface area contributed by atoms with Crippen LogP contribution in [0.1, 0.15) is 23.1 Å². The molecule has 0 bridgehead atoms. The van der Waals surface area contributed by atoms with Crippen LogP contribution in [0.2, 0.25) is 5.15 Å². The van der Waals surface area contributed by atoms with Gasteiger partial charge in [-0.15, -0.1) is 10.2 Å². The lowest BCUT2D eigenvalue weighted by Gasteiger charge is -2.11. The summed E-state index contributed by atoms with van der Waals surface area (Å²) in [4.78, 5) is 0. The molecular weight excluding hydrogens is 248 g/mol. The lowest BCUT2D eigenvalue weighted by molar-refractivity contribution is 0.450. The smallest absolute Gasteiger partial charge is 0.238 e. The van der Waals surface area contributed by atoms with Crippen LogP contribution in [0, 0.1) is 6.92 Å². The van der Waals surface area contributed by atoms with Crippen LogP contribution in [0.5, 0.6) is 11.6 Å². The molecule has 0 N–H and O–H groups in total. The van der Waals surface area contributed by atoms with Gasteiger partial charge < -0.3 is 4.74 Å². The van der Waals surface area contributed by atoms with E-state index in [0.717, 1.165) is 18.6 Å². The largest absolute Gasteiger partial charge is 0.437 e. The summed E-state index contributed by atoms with van der Waals surface area (Å²) in [5.41, 5.74) is 4.08. The highest BCUT2D eigenvalue weighted by molar-refractivity contribution is 6.29. The van der Waals surface area contributed by atoms with Crippen molar-refractivity contribution in [3.05, 3.63) is 46.1 Å². The van der Waals surface area contributed by atoms with Crippen molar-refractivity contribution < 1.29 is 4.74 Å². The Kier molecular flexibility index (Phi) is 2.92. The molecule has 1 aliphatic carbocycles. The highest BCUT2D eigenvalue weighted by Crippen LogP contribution is 2.34. The third-order valence-corrected chi connectivity index (χ3v) is 3.50. The van der Waals surface area contributed by atoms with E-state index in [4.69, 9.17) is 16.3 Å². The molecule has 0 amide bonds. The molecule has 0 spiro atoms. The summed E-state index contributed by atoms with van der Waals surface area (Å²) in [6, 6.07) is 7.52. The maximum absolute atomic E-state index is 5.80. The molecule has 0 saturated carbocycles. The van der Waals surface area contributed by atoms with Gasteiger partial charge in [0.2, 0.25) is 5.88 Å². The number of fused-ring (bicyclic) bond motifs is 1. The molecule has 0 atom stereocenters. The van der Waals surface area contributed by atoms with Crippen LogP contribution in [0.3, 0.4) is 0 Å². The van der Waals surface area contributed by atoms with E-state index in [2.05, 4.69) is 23.2 Å². The van der Waals surface area contributed by atoms with Crippen molar-refractivity contribution in [3.8, 4) is 11.6 Å². The first kappa shape index (κ1) is 11.5. The van der Waals surface area contributed by atoms with Crippen molar-refractivity contribution >= 4 is 11.6 Å². The number of rotatable bonds is 2. The minimum absolute atomic E-state index is 0.372. The Labute approximate surface area is 111 Å². The number of nitrogens with zero attached hydrogens (tertiary/aromatic N) is 2. The Bertz CT molecular complexity index is 581. The molecule has 0 saturated heterocycles. The Morgan fingerprint density at radius 3 is 2.67 bits per heavy atom. The summed E-state index contributed by atoms with van der Waals surface area (Å²) in [6.07, 6.45) is 3.42. The highest BCUT2D eigenvalue weighted by atomic mass is 35.5. The number of benzene rings is 1. The Balaban J connectivity index is 1.94. The zero-order valence-electron chi connectivity index (χ0n) is 10.1. The normalized spacial score (nSPS) is 13.4. The molecule has 1 heterocycles. The molecule has 0 radical (unpaired) electrons. The summed E-state index contributed by atoms with van der Waals surface area (Å²) >= 11 is 5.70. The maximum Gasteiger partial charge on any atom is 0.238 e. The van der Waals surface area contributed by atoms with E-state index >= 15 is 0 Å². The number of aromatic nitrogens is 2. The van der Waals surface area contributed by atoms with Crippen LogP contribution in [0.15, 0.2) is 24.3 Å². The predicted octanol–water partition coefficient (Wildman–Crippen LogP) is 3.72. The van der Waals surface area contributed by atoms with E-state index in [9.17, 15) is 0 Å². The third kappa shape index (κ3) is 2.06. The van der Waals surface area contributed by atoms with Gasteiger partial charge in [-0.3, -0.25) is 0 Å². The molecular formula is C14H13ClN2O. The fraction of sp³-hybridized carbons (Fsp3) is 0.286. The van der Waals surface area contributed by atoms with Crippen LogP contribution in [-0.2, 0) is 12.8 Å². The number of hydrogen-bond donors (Lipinski definition) is 0. The average Bonchev–Trinajstić information content (AvgIpc) is 2.86. The lowest BCUT2D eigenvalue weighted by Crippen LogP contribution is -1.95. The fourth-order valence-corrected chi connectivity index (χ4v) is 2.52. The van der Waals surface area contributed by atoms with Crippen LogP contribution >= 0.6 is 11.6 Å². The van der Waals surface area contributed by atoms with Crippen LogP contribution in [-0.4, -0.2) is 10.2 Å².